The quantitative estimate of drug-likeness (QED) is 0.719. The molecule has 0 amide bonds. The molecule has 1 aliphatic heterocycles. The first-order valence-electron chi connectivity index (χ1n) is 5.02. The van der Waals surface area contributed by atoms with Gasteiger partial charge in [-0.1, -0.05) is 30.3 Å². The van der Waals surface area contributed by atoms with Gasteiger partial charge in [0, 0.05) is 31.7 Å². The van der Waals surface area contributed by atoms with Crippen LogP contribution in [0.5, 0.6) is 0 Å². The zero-order valence-electron chi connectivity index (χ0n) is 8.12. The molecule has 1 heterocycles. The molecule has 1 fully saturated rings. The molecule has 0 aliphatic carbocycles. The Bertz CT molecular complexity index is 270. The lowest BCUT2D eigenvalue weighted by Crippen LogP contribution is -2.44. The third kappa shape index (κ3) is 2.11. The Kier molecular flexibility index (Phi) is 3.11. The van der Waals surface area contributed by atoms with Crippen molar-refractivity contribution in [1.82, 2.24) is 10.2 Å². The fourth-order valence-electron chi connectivity index (χ4n) is 1.73. The third-order valence-electron chi connectivity index (χ3n) is 2.55. The van der Waals surface area contributed by atoms with Gasteiger partial charge in [-0.2, -0.15) is 0 Å². The Labute approximate surface area is 83.7 Å². The van der Waals surface area contributed by atoms with Gasteiger partial charge in [0.25, 0.3) is 0 Å². The Balaban J connectivity index is 2.03. The molecule has 1 aliphatic rings. The Hall–Kier alpha value is -0.930. The summed E-state index contributed by atoms with van der Waals surface area (Å²) in [6.07, 6.45) is -0.946. The average molecular weight is 194 g/mol. The number of alkyl halides is 1. The topological polar surface area (TPSA) is 15.3 Å². The van der Waals surface area contributed by atoms with Gasteiger partial charge in [0.1, 0.15) is 0 Å². The summed E-state index contributed by atoms with van der Waals surface area (Å²) in [7, 11) is 0. The summed E-state index contributed by atoms with van der Waals surface area (Å²) < 4.78 is 13.9. The molecular formula is C11H15FN2. The lowest BCUT2D eigenvalue weighted by molar-refractivity contribution is 0.0699. The fourth-order valence-corrected chi connectivity index (χ4v) is 1.73. The molecule has 2 rings (SSSR count). The van der Waals surface area contributed by atoms with Crippen LogP contribution in [0.1, 0.15) is 11.9 Å². The van der Waals surface area contributed by atoms with Gasteiger partial charge >= 0.3 is 0 Å². The van der Waals surface area contributed by atoms with Crippen molar-refractivity contribution in [2.24, 2.45) is 0 Å². The normalized spacial score (nSPS) is 20.6. The molecule has 0 radical (unpaired) electrons. The predicted molar refractivity (Wildman–Crippen MR) is 54.7 cm³/mol. The highest BCUT2D eigenvalue weighted by Crippen LogP contribution is 2.21. The van der Waals surface area contributed by atoms with E-state index in [2.05, 4.69) is 5.32 Å². The van der Waals surface area contributed by atoms with E-state index in [4.69, 9.17) is 0 Å². The number of hydrogen-bond donors (Lipinski definition) is 1. The summed E-state index contributed by atoms with van der Waals surface area (Å²) in [6.45, 7) is 3.34. The molecule has 1 aromatic carbocycles. The van der Waals surface area contributed by atoms with Gasteiger partial charge in [-0.15, -0.1) is 0 Å². The van der Waals surface area contributed by atoms with Gasteiger partial charge in [-0.3, -0.25) is 4.90 Å². The maximum Gasteiger partial charge on any atom is 0.179 e. The molecule has 0 aromatic heterocycles. The molecule has 76 valence electrons. The zero-order chi connectivity index (χ0) is 9.80. The van der Waals surface area contributed by atoms with Crippen LogP contribution in [0.3, 0.4) is 0 Å². The Morgan fingerprint density at radius 3 is 2.43 bits per heavy atom. The van der Waals surface area contributed by atoms with Crippen LogP contribution in [0, 0.1) is 0 Å². The van der Waals surface area contributed by atoms with Crippen molar-refractivity contribution in [3.05, 3.63) is 35.9 Å². The van der Waals surface area contributed by atoms with Crippen LogP contribution in [-0.4, -0.2) is 31.1 Å². The van der Waals surface area contributed by atoms with Gasteiger partial charge in [0.05, 0.1) is 0 Å². The molecule has 0 spiro atoms. The van der Waals surface area contributed by atoms with E-state index < -0.39 is 6.30 Å². The molecule has 3 heteroatoms. The minimum atomic E-state index is -0.946. The van der Waals surface area contributed by atoms with Crippen LogP contribution in [0.4, 0.5) is 4.39 Å². The van der Waals surface area contributed by atoms with Crippen LogP contribution in [0.15, 0.2) is 30.3 Å². The van der Waals surface area contributed by atoms with E-state index in [1.807, 2.05) is 35.2 Å². The van der Waals surface area contributed by atoms with E-state index in [-0.39, 0.29) is 0 Å². The van der Waals surface area contributed by atoms with E-state index >= 15 is 0 Å². The highest BCUT2D eigenvalue weighted by atomic mass is 19.1. The van der Waals surface area contributed by atoms with Gasteiger partial charge in [0.15, 0.2) is 6.30 Å². The zero-order valence-corrected chi connectivity index (χ0v) is 8.12. The summed E-state index contributed by atoms with van der Waals surface area (Å²) in [6, 6.07) is 9.35. The summed E-state index contributed by atoms with van der Waals surface area (Å²) in [5.41, 5.74) is 0.759. The lowest BCUT2D eigenvalue weighted by Gasteiger charge is -2.30. The molecule has 2 nitrogen and oxygen atoms in total. The molecule has 1 unspecified atom stereocenters. The minimum Gasteiger partial charge on any atom is -0.314 e. The first kappa shape index (κ1) is 9.62. The predicted octanol–water partition coefficient (Wildman–Crippen LogP) is 1.56. The average Bonchev–Trinajstić information content (AvgIpc) is 2.30. The number of rotatable bonds is 2. The van der Waals surface area contributed by atoms with E-state index in [9.17, 15) is 4.39 Å². The SMILES string of the molecule is FC(c1ccccc1)N1CCNCC1. The summed E-state index contributed by atoms with van der Waals surface area (Å²) in [5.74, 6) is 0. The molecule has 1 N–H and O–H groups in total. The van der Waals surface area contributed by atoms with E-state index in [1.165, 1.54) is 0 Å². The monoisotopic (exact) mass is 194 g/mol. The number of nitrogens with zero attached hydrogens (tertiary/aromatic N) is 1. The van der Waals surface area contributed by atoms with Crippen molar-refractivity contribution in [2.45, 2.75) is 6.30 Å². The van der Waals surface area contributed by atoms with E-state index in [1.54, 1.807) is 0 Å². The van der Waals surface area contributed by atoms with E-state index in [0.717, 1.165) is 31.7 Å². The summed E-state index contributed by atoms with van der Waals surface area (Å²) >= 11 is 0. The lowest BCUT2D eigenvalue weighted by atomic mass is 10.2. The van der Waals surface area contributed by atoms with E-state index in [0.29, 0.717) is 0 Å². The van der Waals surface area contributed by atoms with Crippen LogP contribution in [0.25, 0.3) is 0 Å². The second-order valence-corrected chi connectivity index (χ2v) is 3.53. The van der Waals surface area contributed by atoms with Crippen LogP contribution in [0.2, 0.25) is 0 Å². The summed E-state index contributed by atoms with van der Waals surface area (Å²) in [4.78, 5) is 1.87. The number of halogens is 1. The third-order valence-corrected chi connectivity index (χ3v) is 2.55. The van der Waals surface area contributed by atoms with Gasteiger partial charge in [0.2, 0.25) is 0 Å². The maximum absolute atomic E-state index is 13.9. The van der Waals surface area contributed by atoms with Crippen molar-refractivity contribution in [3.8, 4) is 0 Å². The molecule has 14 heavy (non-hydrogen) atoms. The standard InChI is InChI=1S/C11H15FN2/c12-11(10-4-2-1-3-5-10)14-8-6-13-7-9-14/h1-5,11,13H,6-9H2. The number of benzene rings is 1. The first-order chi connectivity index (χ1) is 6.88. The molecule has 1 saturated heterocycles. The molecule has 0 bridgehead atoms. The highest BCUT2D eigenvalue weighted by Gasteiger charge is 2.20. The van der Waals surface area contributed by atoms with Gasteiger partial charge in [-0.05, 0) is 0 Å². The molecule has 1 atom stereocenters. The molecular weight excluding hydrogens is 179 g/mol. The fraction of sp³-hybridized carbons (Fsp3) is 0.455. The minimum absolute atomic E-state index is 0.759. The van der Waals surface area contributed by atoms with Crippen LogP contribution < -0.4 is 5.32 Å². The van der Waals surface area contributed by atoms with Crippen molar-refractivity contribution in [2.75, 3.05) is 26.2 Å². The maximum atomic E-state index is 13.9. The van der Waals surface area contributed by atoms with Crippen molar-refractivity contribution in [1.29, 1.82) is 0 Å². The van der Waals surface area contributed by atoms with Gasteiger partial charge < -0.3 is 5.32 Å². The van der Waals surface area contributed by atoms with Gasteiger partial charge in [-0.25, -0.2) is 4.39 Å². The van der Waals surface area contributed by atoms with Crippen LogP contribution in [-0.2, 0) is 0 Å². The first-order valence-corrected chi connectivity index (χ1v) is 5.02. The van der Waals surface area contributed by atoms with Crippen molar-refractivity contribution >= 4 is 0 Å². The van der Waals surface area contributed by atoms with Crippen LogP contribution >= 0.6 is 0 Å². The molecule has 0 saturated carbocycles. The Morgan fingerprint density at radius 2 is 1.79 bits per heavy atom. The number of piperazine rings is 1. The smallest absolute Gasteiger partial charge is 0.179 e. The second kappa shape index (κ2) is 4.53. The number of nitrogens with one attached hydrogen (secondary N) is 1. The largest absolute Gasteiger partial charge is 0.314 e. The molecule has 1 aromatic rings. The summed E-state index contributed by atoms with van der Waals surface area (Å²) in [5, 5.41) is 3.21. The number of hydrogen-bond acceptors (Lipinski definition) is 2. The second-order valence-electron chi connectivity index (χ2n) is 3.53. The van der Waals surface area contributed by atoms with Crippen molar-refractivity contribution < 1.29 is 4.39 Å². The Morgan fingerprint density at radius 1 is 1.14 bits per heavy atom. The highest BCUT2D eigenvalue weighted by molar-refractivity contribution is 5.17. The van der Waals surface area contributed by atoms with Crippen molar-refractivity contribution in [3.63, 3.8) is 0 Å².